The van der Waals surface area contributed by atoms with Crippen molar-refractivity contribution in [1.82, 2.24) is 20.4 Å². The van der Waals surface area contributed by atoms with Crippen LogP contribution in [0, 0.1) is 17.6 Å². The van der Waals surface area contributed by atoms with Crippen LogP contribution in [0.15, 0.2) is 34.7 Å². The van der Waals surface area contributed by atoms with Crippen LogP contribution in [-0.4, -0.2) is 47.0 Å². The van der Waals surface area contributed by atoms with Crippen LogP contribution in [0.3, 0.4) is 0 Å². The molecule has 1 aromatic carbocycles. The van der Waals surface area contributed by atoms with Gasteiger partial charge in [0.05, 0.1) is 0 Å². The van der Waals surface area contributed by atoms with Crippen molar-refractivity contribution >= 4 is 11.9 Å². The van der Waals surface area contributed by atoms with Gasteiger partial charge < -0.3 is 10.6 Å². The van der Waals surface area contributed by atoms with E-state index < -0.39 is 11.6 Å². The van der Waals surface area contributed by atoms with Crippen molar-refractivity contribution in [2.45, 2.75) is 57.7 Å². The lowest BCUT2D eigenvalue weighted by atomic mass is 10.1. The molecule has 1 aromatic rings. The second kappa shape index (κ2) is 7.56. The minimum atomic E-state index is -0.457. The first-order valence-corrected chi connectivity index (χ1v) is 10.9. The van der Waals surface area contributed by atoms with Crippen LogP contribution in [-0.2, 0) is 6.42 Å². The fourth-order valence-electron chi connectivity index (χ4n) is 5.07. The molecule has 6 nitrogen and oxygen atoms in total. The molecule has 0 bridgehead atoms. The Morgan fingerprint density at radius 1 is 1.23 bits per heavy atom. The number of nitrogens with one attached hydrogen (secondary N) is 2. The van der Waals surface area contributed by atoms with Gasteiger partial charge in [0.1, 0.15) is 29.0 Å². The van der Waals surface area contributed by atoms with Gasteiger partial charge in [-0.15, -0.1) is 0 Å². The molecular formula is C22H27F2N5O. The highest BCUT2D eigenvalue weighted by Gasteiger charge is 2.47. The number of hydrogen-bond acceptors (Lipinski definition) is 4. The summed E-state index contributed by atoms with van der Waals surface area (Å²) in [4.78, 5) is 21.7. The second-order valence-corrected chi connectivity index (χ2v) is 8.62. The molecule has 5 rings (SSSR count). The highest BCUT2D eigenvalue weighted by Crippen LogP contribution is 2.35. The van der Waals surface area contributed by atoms with E-state index in [0.29, 0.717) is 31.0 Å². The number of hydrogen-bond donors (Lipinski definition) is 2. The van der Waals surface area contributed by atoms with Crippen LogP contribution >= 0.6 is 0 Å². The summed E-state index contributed by atoms with van der Waals surface area (Å²) in [6.07, 6.45) is 5.51. The Bertz CT molecular complexity index is 924. The number of halogens is 2. The van der Waals surface area contributed by atoms with Crippen LogP contribution in [0.4, 0.5) is 13.6 Å². The topological polar surface area (TPSA) is 60.0 Å². The lowest BCUT2D eigenvalue weighted by Gasteiger charge is -2.36. The van der Waals surface area contributed by atoms with Gasteiger partial charge in [0.2, 0.25) is 0 Å². The van der Waals surface area contributed by atoms with Gasteiger partial charge in [-0.1, -0.05) is 19.8 Å². The fraction of sp³-hybridized carbons (Fsp3) is 0.545. The molecular weight excluding hydrogens is 388 g/mol. The molecule has 8 heteroatoms. The van der Waals surface area contributed by atoms with Crippen molar-refractivity contribution in [3.8, 4) is 0 Å². The van der Waals surface area contributed by atoms with Crippen LogP contribution in [0.2, 0.25) is 0 Å². The zero-order valence-corrected chi connectivity index (χ0v) is 17.1. The lowest BCUT2D eigenvalue weighted by Crippen LogP contribution is -2.53. The van der Waals surface area contributed by atoms with E-state index in [1.807, 2.05) is 11.8 Å². The summed E-state index contributed by atoms with van der Waals surface area (Å²) in [6.45, 7) is 3.10. The monoisotopic (exact) mass is 415 g/mol. The third kappa shape index (κ3) is 3.22. The molecule has 3 aliphatic heterocycles. The molecule has 1 saturated heterocycles. The first-order chi connectivity index (χ1) is 14.5. The van der Waals surface area contributed by atoms with E-state index >= 15 is 0 Å². The average Bonchev–Trinajstić information content (AvgIpc) is 3.46. The molecule has 4 aliphatic rings. The molecule has 160 valence electrons. The fourth-order valence-corrected chi connectivity index (χ4v) is 5.07. The summed E-state index contributed by atoms with van der Waals surface area (Å²) < 4.78 is 27.7. The standard InChI is InChI=1S/C22H27F2N5O/c1-2-9-28-21-18(26-19(27-21)13-5-3-4-6-13)20-25-16(12-29(20)22(28)30)11-14-10-15(23)7-8-17(14)24/h7-8,10,13,16,21,25H,2-6,9,11-12H2,1H3,(H,26,27). The Hall–Kier alpha value is -2.64. The maximum Gasteiger partial charge on any atom is 0.327 e. The number of carbonyl (C=O) groups is 1. The SMILES string of the molecule is CCCN1C(=O)N2CC(Cc3cc(F)ccc3F)NC2=C2NC(C3CCCC3)=NC21. The number of benzene rings is 1. The lowest BCUT2D eigenvalue weighted by molar-refractivity contribution is 0.146. The highest BCUT2D eigenvalue weighted by molar-refractivity contribution is 5.91. The van der Waals surface area contributed by atoms with E-state index in [0.717, 1.165) is 48.7 Å². The molecule has 2 fully saturated rings. The molecule has 3 heterocycles. The van der Waals surface area contributed by atoms with Gasteiger partial charge in [-0.3, -0.25) is 9.80 Å². The van der Waals surface area contributed by atoms with Crippen LogP contribution in [0.1, 0.15) is 44.6 Å². The van der Waals surface area contributed by atoms with Gasteiger partial charge in [-0.25, -0.2) is 18.6 Å². The van der Waals surface area contributed by atoms with Gasteiger partial charge in [0.15, 0.2) is 6.17 Å². The summed E-state index contributed by atoms with van der Waals surface area (Å²) in [6, 6.07) is 3.24. The molecule has 0 radical (unpaired) electrons. The predicted molar refractivity (Wildman–Crippen MR) is 109 cm³/mol. The Balaban J connectivity index is 1.43. The number of nitrogens with zero attached hydrogens (tertiary/aromatic N) is 3. The minimum absolute atomic E-state index is 0.0754. The van der Waals surface area contributed by atoms with Crippen molar-refractivity contribution in [2.24, 2.45) is 10.9 Å². The van der Waals surface area contributed by atoms with Crippen LogP contribution in [0.5, 0.6) is 0 Å². The van der Waals surface area contributed by atoms with Crippen molar-refractivity contribution in [3.63, 3.8) is 0 Å². The number of rotatable bonds is 5. The summed E-state index contributed by atoms with van der Waals surface area (Å²) in [7, 11) is 0. The zero-order valence-electron chi connectivity index (χ0n) is 17.1. The van der Waals surface area contributed by atoms with E-state index in [1.54, 1.807) is 4.90 Å². The third-order valence-corrected chi connectivity index (χ3v) is 6.50. The first kappa shape index (κ1) is 19.3. The van der Waals surface area contributed by atoms with Gasteiger partial charge in [0, 0.05) is 25.0 Å². The Morgan fingerprint density at radius 3 is 2.80 bits per heavy atom. The molecule has 0 spiro atoms. The Labute approximate surface area is 175 Å². The number of urea groups is 1. The molecule has 1 saturated carbocycles. The molecule has 2 unspecified atom stereocenters. The van der Waals surface area contributed by atoms with E-state index in [1.165, 1.54) is 18.9 Å². The smallest absolute Gasteiger partial charge is 0.327 e. The third-order valence-electron chi connectivity index (χ3n) is 6.50. The summed E-state index contributed by atoms with van der Waals surface area (Å²) >= 11 is 0. The quantitative estimate of drug-likeness (QED) is 0.776. The van der Waals surface area contributed by atoms with Gasteiger partial charge in [-0.2, -0.15) is 0 Å². The number of aliphatic imine (C=N–C) groups is 1. The van der Waals surface area contributed by atoms with Crippen molar-refractivity contribution in [1.29, 1.82) is 0 Å². The van der Waals surface area contributed by atoms with Crippen LogP contribution in [0.25, 0.3) is 0 Å². The normalized spacial score (nSPS) is 26.0. The van der Waals surface area contributed by atoms with Crippen molar-refractivity contribution in [2.75, 3.05) is 13.1 Å². The number of amides is 2. The largest absolute Gasteiger partial charge is 0.365 e. The first-order valence-electron chi connectivity index (χ1n) is 10.9. The molecule has 1 aliphatic carbocycles. The molecule has 30 heavy (non-hydrogen) atoms. The van der Waals surface area contributed by atoms with E-state index in [9.17, 15) is 13.6 Å². The van der Waals surface area contributed by atoms with E-state index in [4.69, 9.17) is 4.99 Å². The zero-order chi connectivity index (χ0) is 20.8. The molecule has 2 atom stereocenters. The van der Waals surface area contributed by atoms with E-state index in [-0.39, 0.29) is 18.2 Å². The molecule has 2 amide bonds. The highest BCUT2D eigenvalue weighted by atomic mass is 19.1. The van der Waals surface area contributed by atoms with Crippen molar-refractivity contribution in [3.05, 3.63) is 46.9 Å². The van der Waals surface area contributed by atoms with Gasteiger partial charge in [0.25, 0.3) is 0 Å². The Kier molecular flexibility index (Phi) is 4.87. The van der Waals surface area contributed by atoms with Crippen molar-refractivity contribution < 1.29 is 13.6 Å². The van der Waals surface area contributed by atoms with E-state index in [2.05, 4.69) is 10.6 Å². The minimum Gasteiger partial charge on any atom is -0.365 e. The second-order valence-electron chi connectivity index (χ2n) is 8.62. The average molecular weight is 415 g/mol. The maximum atomic E-state index is 14.1. The van der Waals surface area contributed by atoms with Crippen LogP contribution < -0.4 is 10.6 Å². The maximum absolute atomic E-state index is 14.1. The number of carbonyl (C=O) groups excluding carboxylic acids is 1. The van der Waals surface area contributed by atoms with Gasteiger partial charge in [-0.05, 0) is 49.4 Å². The predicted octanol–water partition coefficient (Wildman–Crippen LogP) is 3.31. The molecule has 2 N–H and O–H groups in total. The summed E-state index contributed by atoms with van der Waals surface area (Å²) in [5.41, 5.74) is 1.22. The summed E-state index contributed by atoms with van der Waals surface area (Å²) in [5, 5.41) is 6.91. The van der Waals surface area contributed by atoms with Gasteiger partial charge >= 0.3 is 6.03 Å². The molecule has 0 aromatic heterocycles. The number of fused-ring (bicyclic) bond motifs is 2. The summed E-state index contributed by atoms with van der Waals surface area (Å²) in [5.74, 6) is 1.26. The Morgan fingerprint density at radius 2 is 2.03 bits per heavy atom. The number of amidine groups is 1.